The largest absolute Gasteiger partial charge is 0.403 e. The zero-order valence-corrected chi connectivity index (χ0v) is 9.40. The van der Waals surface area contributed by atoms with Crippen molar-refractivity contribution in [2.24, 2.45) is 0 Å². The van der Waals surface area contributed by atoms with Crippen LogP contribution in [0.4, 0.5) is 22.0 Å². The molecule has 0 amide bonds. The molecule has 1 aromatic rings. The first kappa shape index (κ1) is 13.3. The number of piperidine rings is 1. The highest BCUT2D eigenvalue weighted by Gasteiger charge is 2.42. The van der Waals surface area contributed by atoms with Gasteiger partial charge in [0.15, 0.2) is 11.6 Å². The Morgan fingerprint density at radius 1 is 1.11 bits per heavy atom. The topological polar surface area (TPSA) is 12.0 Å². The molecule has 18 heavy (non-hydrogen) atoms. The third kappa shape index (κ3) is 2.63. The quantitative estimate of drug-likeness (QED) is 0.763. The zero-order chi connectivity index (χ0) is 13.3. The lowest BCUT2D eigenvalue weighted by Crippen LogP contribution is -2.46. The summed E-state index contributed by atoms with van der Waals surface area (Å²) in [6.07, 6.45) is -3.69. The second-order valence-corrected chi connectivity index (χ2v) is 4.39. The molecule has 0 aromatic heterocycles. The van der Waals surface area contributed by atoms with Gasteiger partial charge in [0, 0.05) is 11.6 Å². The molecule has 2 rings (SSSR count). The van der Waals surface area contributed by atoms with Crippen molar-refractivity contribution < 1.29 is 22.0 Å². The van der Waals surface area contributed by atoms with Crippen LogP contribution in [0, 0.1) is 11.6 Å². The standard InChI is InChI=1S/C12H12F5N/c13-8-4-1-3-7(11(8)14)9-5-2-6-10(18-9)12(15,16)17/h1,3-4,9-10,18H,2,5-6H2. The summed E-state index contributed by atoms with van der Waals surface area (Å²) in [5, 5.41) is 2.35. The van der Waals surface area contributed by atoms with Crippen molar-refractivity contribution in [3.8, 4) is 0 Å². The van der Waals surface area contributed by atoms with E-state index in [1.807, 2.05) is 0 Å². The van der Waals surface area contributed by atoms with Crippen LogP contribution in [0.15, 0.2) is 18.2 Å². The highest BCUT2D eigenvalue weighted by atomic mass is 19.4. The van der Waals surface area contributed by atoms with Crippen molar-refractivity contribution in [1.82, 2.24) is 5.32 Å². The molecule has 100 valence electrons. The molecule has 1 aliphatic rings. The number of nitrogens with one attached hydrogen (secondary N) is 1. The van der Waals surface area contributed by atoms with Gasteiger partial charge in [0.25, 0.3) is 0 Å². The van der Waals surface area contributed by atoms with Gasteiger partial charge in [-0.1, -0.05) is 12.1 Å². The number of hydrogen-bond donors (Lipinski definition) is 1. The highest BCUT2D eigenvalue weighted by Crippen LogP contribution is 2.34. The molecule has 0 bridgehead atoms. The fourth-order valence-corrected chi connectivity index (χ4v) is 2.23. The predicted octanol–water partition coefficient (Wildman–Crippen LogP) is 3.71. The van der Waals surface area contributed by atoms with E-state index in [0.29, 0.717) is 12.8 Å². The molecule has 1 N–H and O–H groups in total. The van der Waals surface area contributed by atoms with Crippen molar-refractivity contribution in [2.75, 3.05) is 0 Å². The van der Waals surface area contributed by atoms with Crippen LogP contribution in [0.5, 0.6) is 0 Å². The van der Waals surface area contributed by atoms with Crippen molar-refractivity contribution in [3.05, 3.63) is 35.4 Å². The molecule has 1 fully saturated rings. The number of rotatable bonds is 1. The van der Waals surface area contributed by atoms with E-state index in [0.717, 1.165) is 6.07 Å². The summed E-state index contributed by atoms with van der Waals surface area (Å²) in [4.78, 5) is 0. The van der Waals surface area contributed by atoms with Crippen molar-refractivity contribution >= 4 is 0 Å². The lowest BCUT2D eigenvalue weighted by atomic mass is 9.93. The monoisotopic (exact) mass is 265 g/mol. The second kappa shape index (κ2) is 4.84. The van der Waals surface area contributed by atoms with Gasteiger partial charge in [0.2, 0.25) is 0 Å². The Kier molecular flexibility index (Phi) is 3.56. The molecule has 6 heteroatoms. The molecule has 0 aliphatic carbocycles. The normalized spacial score (nSPS) is 25.2. The summed E-state index contributed by atoms with van der Waals surface area (Å²) >= 11 is 0. The van der Waals surface area contributed by atoms with E-state index in [9.17, 15) is 22.0 Å². The number of alkyl halides is 3. The Morgan fingerprint density at radius 3 is 2.50 bits per heavy atom. The van der Waals surface area contributed by atoms with Crippen molar-refractivity contribution in [1.29, 1.82) is 0 Å². The molecule has 1 saturated heterocycles. The Hall–Kier alpha value is -1.17. The van der Waals surface area contributed by atoms with Gasteiger partial charge in [-0.05, 0) is 25.3 Å². The van der Waals surface area contributed by atoms with E-state index in [4.69, 9.17) is 0 Å². The molecule has 0 radical (unpaired) electrons. The van der Waals surface area contributed by atoms with Gasteiger partial charge in [-0.3, -0.25) is 5.32 Å². The van der Waals surface area contributed by atoms with Gasteiger partial charge < -0.3 is 0 Å². The van der Waals surface area contributed by atoms with Crippen LogP contribution in [0.25, 0.3) is 0 Å². The van der Waals surface area contributed by atoms with Crippen LogP contribution < -0.4 is 5.32 Å². The van der Waals surface area contributed by atoms with Gasteiger partial charge >= 0.3 is 6.18 Å². The SMILES string of the molecule is Fc1cccc(C2CCCC(C(F)(F)F)N2)c1F. The first-order valence-electron chi connectivity index (χ1n) is 5.66. The van der Waals surface area contributed by atoms with Crippen molar-refractivity contribution in [3.63, 3.8) is 0 Å². The van der Waals surface area contributed by atoms with Crippen LogP contribution in [-0.4, -0.2) is 12.2 Å². The average Bonchev–Trinajstić information content (AvgIpc) is 2.32. The maximum absolute atomic E-state index is 13.5. The summed E-state index contributed by atoms with van der Waals surface area (Å²) in [6, 6.07) is 1.12. The van der Waals surface area contributed by atoms with E-state index in [-0.39, 0.29) is 12.0 Å². The summed E-state index contributed by atoms with van der Waals surface area (Å²) in [6.45, 7) is 0. The van der Waals surface area contributed by atoms with E-state index >= 15 is 0 Å². The summed E-state index contributed by atoms with van der Waals surface area (Å²) in [5.74, 6) is -2.11. The van der Waals surface area contributed by atoms with Crippen LogP contribution in [0.3, 0.4) is 0 Å². The zero-order valence-electron chi connectivity index (χ0n) is 9.40. The van der Waals surface area contributed by atoms with Crippen LogP contribution in [-0.2, 0) is 0 Å². The minimum absolute atomic E-state index is 0.0308. The molecule has 2 unspecified atom stereocenters. The number of benzene rings is 1. The highest BCUT2D eigenvalue weighted by molar-refractivity contribution is 5.23. The van der Waals surface area contributed by atoms with Gasteiger partial charge in [-0.25, -0.2) is 8.78 Å². The molecule has 1 aliphatic heterocycles. The minimum atomic E-state index is -4.36. The summed E-state index contributed by atoms with van der Waals surface area (Å²) < 4.78 is 64.3. The maximum atomic E-state index is 13.5. The third-order valence-corrected chi connectivity index (χ3v) is 3.14. The lowest BCUT2D eigenvalue weighted by molar-refractivity contribution is -0.163. The van der Waals surface area contributed by atoms with Crippen molar-refractivity contribution in [2.45, 2.75) is 37.5 Å². The van der Waals surface area contributed by atoms with E-state index in [1.165, 1.54) is 12.1 Å². The summed E-state index contributed by atoms with van der Waals surface area (Å²) in [7, 11) is 0. The Balaban J connectivity index is 2.21. The van der Waals surface area contributed by atoms with Crippen LogP contribution in [0.2, 0.25) is 0 Å². The third-order valence-electron chi connectivity index (χ3n) is 3.14. The average molecular weight is 265 g/mol. The molecule has 0 saturated carbocycles. The molecular formula is C12H12F5N. The molecule has 0 spiro atoms. The Morgan fingerprint density at radius 2 is 1.83 bits per heavy atom. The van der Waals surface area contributed by atoms with Gasteiger partial charge in [-0.15, -0.1) is 0 Å². The molecular weight excluding hydrogens is 253 g/mol. The smallest absolute Gasteiger partial charge is 0.299 e. The molecule has 1 aromatic carbocycles. The lowest BCUT2D eigenvalue weighted by Gasteiger charge is -2.32. The van der Waals surface area contributed by atoms with E-state index in [2.05, 4.69) is 5.32 Å². The molecule has 1 nitrogen and oxygen atoms in total. The first-order valence-corrected chi connectivity index (χ1v) is 5.66. The predicted molar refractivity (Wildman–Crippen MR) is 55.9 cm³/mol. The van der Waals surface area contributed by atoms with Gasteiger partial charge in [-0.2, -0.15) is 13.2 Å². The fourth-order valence-electron chi connectivity index (χ4n) is 2.23. The summed E-state index contributed by atoms with van der Waals surface area (Å²) in [5.41, 5.74) is -0.0380. The van der Waals surface area contributed by atoms with E-state index < -0.39 is 29.9 Å². The van der Waals surface area contributed by atoms with E-state index in [1.54, 1.807) is 0 Å². The molecule has 2 atom stereocenters. The number of hydrogen-bond acceptors (Lipinski definition) is 1. The second-order valence-electron chi connectivity index (χ2n) is 4.39. The van der Waals surface area contributed by atoms with Gasteiger partial charge in [0.1, 0.15) is 6.04 Å². The first-order chi connectivity index (χ1) is 8.39. The molecule has 1 heterocycles. The Labute approximate surface area is 101 Å². The van der Waals surface area contributed by atoms with Gasteiger partial charge in [0.05, 0.1) is 0 Å². The maximum Gasteiger partial charge on any atom is 0.403 e. The van der Waals surface area contributed by atoms with Crippen LogP contribution >= 0.6 is 0 Å². The number of halogens is 5. The minimum Gasteiger partial charge on any atom is -0.299 e. The Bertz CT molecular complexity index is 429. The fraction of sp³-hybridized carbons (Fsp3) is 0.500. The van der Waals surface area contributed by atoms with Crippen LogP contribution in [0.1, 0.15) is 30.9 Å².